The van der Waals surface area contributed by atoms with E-state index in [9.17, 15) is 4.79 Å². The first-order chi connectivity index (χ1) is 9.14. The molecule has 1 aromatic rings. The maximum Gasteiger partial charge on any atom is 0.319 e. The number of carbonyl (C=O) groups is 1. The third-order valence-electron chi connectivity index (χ3n) is 3.82. The van der Waals surface area contributed by atoms with Crippen molar-refractivity contribution >= 4 is 18.4 Å². The van der Waals surface area contributed by atoms with Crippen LogP contribution in [0.4, 0.5) is 0 Å². The Balaban J connectivity index is 0.00000200. The lowest BCUT2D eigenvalue weighted by Gasteiger charge is -2.44. The highest BCUT2D eigenvalue weighted by atomic mass is 35.5. The quantitative estimate of drug-likeness (QED) is 0.864. The third-order valence-corrected chi connectivity index (χ3v) is 3.82. The summed E-state index contributed by atoms with van der Waals surface area (Å²) in [5, 5.41) is 0. The van der Waals surface area contributed by atoms with Crippen molar-refractivity contribution in [3.05, 3.63) is 35.9 Å². The largest absolute Gasteiger partial charge is 0.468 e. The molecule has 4 nitrogen and oxygen atoms in total. The summed E-state index contributed by atoms with van der Waals surface area (Å²) < 4.78 is 4.76. The summed E-state index contributed by atoms with van der Waals surface area (Å²) in [6, 6.07) is 10.2. The van der Waals surface area contributed by atoms with Crippen LogP contribution in [0.3, 0.4) is 0 Å². The molecule has 0 aliphatic carbocycles. The van der Waals surface area contributed by atoms with E-state index in [1.165, 1.54) is 12.7 Å². The second-order valence-electron chi connectivity index (χ2n) is 5.22. The van der Waals surface area contributed by atoms with Crippen molar-refractivity contribution < 1.29 is 9.53 Å². The normalized spacial score (nSPS) is 22.9. The zero-order valence-electron chi connectivity index (χ0n) is 11.9. The van der Waals surface area contributed by atoms with Gasteiger partial charge in [0, 0.05) is 13.0 Å². The van der Waals surface area contributed by atoms with E-state index in [1.807, 2.05) is 18.2 Å². The van der Waals surface area contributed by atoms with Crippen molar-refractivity contribution in [3.63, 3.8) is 0 Å². The third kappa shape index (κ3) is 4.20. The van der Waals surface area contributed by atoms with Crippen LogP contribution < -0.4 is 5.73 Å². The Morgan fingerprint density at radius 2 is 2.05 bits per heavy atom. The van der Waals surface area contributed by atoms with Crippen molar-refractivity contribution in [2.75, 3.05) is 20.2 Å². The fraction of sp³-hybridized carbons (Fsp3) is 0.533. The molecule has 0 radical (unpaired) electrons. The molecular weight excluding hydrogens is 276 g/mol. The number of carbonyl (C=O) groups excluding carboxylic acids is 1. The van der Waals surface area contributed by atoms with Crippen LogP contribution in [0.25, 0.3) is 0 Å². The first-order valence-corrected chi connectivity index (χ1v) is 6.79. The number of nitrogens with two attached hydrogens (primary N) is 1. The van der Waals surface area contributed by atoms with Crippen molar-refractivity contribution in [2.24, 2.45) is 5.73 Å². The molecule has 0 bridgehead atoms. The number of halogens is 1. The van der Waals surface area contributed by atoms with E-state index in [4.69, 9.17) is 10.5 Å². The van der Waals surface area contributed by atoms with Gasteiger partial charge in [0.15, 0.2) is 0 Å². The Morgan fingerprint density at radius 3 is 2.70 bits per heavy atom. The second-order valence-corrected chi connectivity index (χ2v) is 5.22. The Kier molecular flexibility index (Phi) is 6.46. The molecule has 0 saturated carbocycles. The Morgan fingerprint density at radius 1 is 1.35 bits per heavy atom. The van der Waals surface area contributed by atoms with Gasteiger partial charge in [0.25, 0.3) is 0 Å². The summed E-state index contributed by atoms with van der Waals surface area (Å²) in [6.45, 7) is 1.14. The monoisotopic (exact) mass is 298 g/mol. The number of likely N-dealkylation sites (tertiary alicyclic amines) is 1. The standard InChI is InChI=1S/C15H22N2O2.ClH/c1-19-14(18)12-17-10-6-5-9-15(17,16)11-13-7-3-2-4-8-13;/h2-4,7-8H,5-6,9-12,16H2,1H3;1H. The van der Waals surface area contributed by atoms with E-state index >= 15 is 0 Å². The first kappa shape index (κ1) is 17.0. The number of nitrogens with zero attached hydrogens (tertiary/aromatic N) is 1. The van der Waals surface area contributed by atoms with Crippen LogP contribution in [0.5, 0.6) is 0 Å². The van der Waals surface area contributed by atoms with Gasteiger partial charge in [-0.25, -0.2) is 0 Å². The predicted molar refractivity (Wildman–Crippen MR) is 81.8 cm³/mol. The molecule has 5 heteroatoms. The van der Waals surface area contributed by atoms with Crippen LogP contribution in [-0.2, 0) is 16.0 Å². The van der Waals surface area contributed by atoms with Crippen molar-refractivity contribution in [1.29, 1.82) is 0 Å². The van der Waals surface area contributed by atoms with Gasteiger partial charge in [0.05, 0.1) is 19.3 Å². The van der Waals surface area contributed by atoms with Gasteiger partial charge >= 0.3 is 5.97 Å². The maximum atomic E-state index is 11.5. The highest BCUT2D eigenvalue weighted by Gasteiger charge is 2.36. The van der Waals surface area contributed by atoms with Gasteiger partial charge < -0.3 is 10.5 Å². The number of methoxy groups -OCH3 is 1. The van der Waals surface area contributed by atoms with Crippen LogP contribution >= 0.6 is 12.4 Å². The molecular formula is C15H23ClN2O2. The fourth-order valence-corrected chi connectivity index (χ4v) is 2.72. The van der Waals surface area contributed by atoms with E-state index in [1.54, 1.807) is 0 Å². The van der Waals surface area contributed by atoms with Gasteiger partial charge in [-0.3, -0.25) is 9.69 Å². The molecule has 1 unspecified atom stereocenters. The first-order valence-electron chi connectivity index (χ1n) is 6.79. The molecule has 0 spiro atoms. The lowest BCUT2D eigenvalue weighted by molar-refractivity contribution is -0.144. The van der Waals surface area contributed by atoms with Gasteiger partial charge in [0.1, 0.15) is 0 Å². The number of esters is 1. The molecule has 20 heavy (non-hydrogen) atoms. The number of hydrogen-bond donors (Lipinski definition) is 1. The minimum Gasteiger partial charge on any atom is -0.468 e. The SMILES string of the molecule is COC(=O)CN1CCCCC1(N)Cc1ccccc1.Cl. The number of piperidine rings is 1. The molecule has 112 valence electrons. The molecule has 0 aromatic heterocycles. The topological polar surface area (TPSA) is 55.6 Å². The average molecular weight is 299 g/mol. The highest BCUT2D eigenvalue weighted by Crippen LogP contribution is 2.27. The predicted octanol–water partition coefficient (Wildman–Crippen LogP) is 1.96. The van der Waals surface area contributed by atoms with Crippen LogP contribution in [-0.4, -0.2) is 36.7 Å². The number of hydrogen-bond acceptors (Lipinski definition) is 4. The molecule has 2 rings (SSSR count). The second kappa shape index (κ2) is 7.62. The minimum atomic E-state index is -0.437. The van der Waals surface area contributed by atoms with Crippen LogP contribution in [0, 0.1) is 0 Å². The summed E-state index contributed by atoms with van der Waals surface area (Å²) in [6.07, 6.45) is 3.88. The van der Waals surface area contributed by atoms with E-state index < -0.39 is 5.66 Å². The fourth-order valence-electron chi connectivity index (χ4n) is 2.72. The number of rotatable bonds is 4. The van der Waals surface area contributed by atoms with Crippen LogP contribution in [0.1, 0.15) is 24.8 Å². The zero-order valence-corrected chi connectivity index (χ0v) is 12.7. The molecule has 1 heterocycles. The summed E-state index contributed by atoms with van der Waals surface area (Å²) in [5.41, 5.74) is 7.33. The molecule has 1 atom stereocenters. The zero-order chi connectivity index (χ0) is 13.7. The Hall–Kier alpha value is -1.10. The number of ether oxygens (including phenoxy) is 1. The van der Waals surface area contributed by atoms with Crippen LogP contribution in [0.2, 0.25) is 0 Å². The van der Waals surface area contributed by atoms with Gasteiger partial charge in [-0.1, -0.05) is 30.3 Å². The molecule has 2 N–H and O–H groups in total. The summed E-state index contributed by atoms with van der Waals surface area (Å²) in [7, 11) is 1.42. The molecule has 1 aliphatic rings. The molecule has 1 aromatic carbocycles. The van der Waals surface area contributed by atoms with Crippen molar-refractivity contribution in [2.45, 2.75) is 31.3 Å². The maximum absolute atomic E-state index is 11.5. The molecule has 1 fully saturated rings. The smallest absolute Gasteiger partial charge is 0.319 e. The summed E-state index contributed by atoms with van der Waals surface area (Å²) in [5.74, 6) is -0.218. The molecule has 0 amide bonds. The van der Waals surface area contributed by atoms with Gasteiger partial charge in [-0.15, -0.1) is 12.4 Å². The van der Waals surface area contributed by atoms with E-state index in [2.05, 4.69) is 17.0 Å². The van der Waals surface area contributed by atoms with Crippen LogP contribution in [0.15, 0.2) is 30.3 Å². The van der Waals surface area contributed by atoms with Gasteiger partial charge in [-0.2, -0.15) is 0 Å². The summed E-state index contributed by atoms with van der Waals surface area (Å²) in [4.78, 5) is 13.6. The Bertz CT molecular complexity index is 427. The van der Waals surface area contributed by atoms with E-state index in [0.29, 0.717) is 0 Å². The average Bonchev–Trinajstić information content (AvgIpc) is 2.42. The summed E-state index contributed by atoms with van der Waals surface area (Å²) >= 11 is 0. The lowest BCUT2D eigenvalue weighted by atomic mass is 9.89. The van der Waals surface area contributed by atoms with Gasteiger partial charge in [-0.05, 0) is 24.8 Å². The number of benzene rings is 1. The van der Waals surface area contributed by atoms with Crippen molar-refractivity contribution in [1.82, 2.24) is 4.90 Å². The van der Waals surface area contributed by atoms with Gasteiger partial charge in [0.2, 0.25) is 0 Å². The highest BCUT2D eigenvalue weighted by molar-refractivity contribution is 5.85. The molecule has 1 aliphatic heterocycles. The van der Waals surface area contributed by atoms with E-state index in [-0.39, 0.29) is 24.9 Å². The van der Waals surface area contributed by atoms with E-state index in [0.717, 1.165) is 32.2 Å². The van der Waals surface area contributed by atoms with Crippen molar-refractivity contribution in [3.8, 4) is 0 Å². The Labute approximate surface area is 126 Å². The lowest BCUT2D eigenvalue weighted by Crippen LogP contribution is -2.61. The minimum absolute atomic E-state index is 0. The molecule has 1 saturated heterocycles.